The number of pyridine rings is 1. The van der Waals surface area contributed by atoms with E-state index in [-0.39, 0.29) is 12.0 Å². The molecular formula is C11H15NO3Si2. The maximum absolute atomic E-state index is 8.98. The van der Waals surface area contributed by atoms with Gasteiger partial charge in [-0.1, -0.05) is 26.8 Å². The van der Waals surface area contributed by atoms with Gasteiger partial charge in [-0.3, -0.25) is 4.98 Å². The molecule has 0 aliphatic heterocycles. The first-order valence-electron chi connectivity index (χ1n) is 5.17. The minimum Gasteiger partial charge on any atom is -0.392 e. The summed E-state index contributed by atoms with van der Waals surface area (Å²) in [7, 11) is 6.10. The lowest BCUT2D eigenvalue weighted by atomic mass is 9.83. The Morgan fingerprint density at radius 1 is 1.24 bits per heavy atom. The molecule has 6 radical (unpaired) electrons. The van der Waals surface area contributed by atoms with Gasteiger partial charge in [0.05, 0.1) is 12.3 Å². The molecule has 4 nitrogen and oxygen atoms in total. The van der Waals surface area contributed by atoms with E-state index in [1.54, 1.807) is 18.3 Å². The standard InChI is InChI=1S/C11H15NO3Si2/c1-10(2,3)11(14-16,15-17)9-5-4-8(7-13)6-12-9/h4-6,13H,7H2,1-3H3. The maximum atomic E-state index is 8.98. The lowest BCUT2D eigenvalue weighted by molar-refractivity contribution is -0.194. The highest BCUT2D eigenvalue weighted by molar-refractivity contribution is 6.00. The summed E-state index contributed by atoms with van der Waals surface area (Å²) < 4.78 is 10.6. The highest BCUT2D eigenvalue weighted by Crippen LogP contribution is 2.41. The van der Waals surface area contributed by atoms with Gasteiger partial charge in [-0.05, 0) is 11.6 Å². The summed E-state index contributed by atoms with van der Waals surface area (Å²) in [6.07, 6.45) is 1.59. The SMILES string of the molecule is CC(C)(C)C(O[Si])(O[Si])c1ccc(CO)cn1. The summed E-state index contributed by atoms with van der Waals surface area (Å²) >= 11 is 0. The maximum Gasteiger partial charge on any atom is 0.250 e. The van der Waals surface area contributed by atoms with E-state index in [0.717, 1.165) is 5.56 Å². The molecule has 0 bridgehead atoms. The van der Waals surface area contributed by atoms with Crippen LogP contribution in [0.5, 0.6) is 0 Å². The Hall–Kier alpha value is -0.536. The van der Waals surface area contributed by atoms with Crippen LogP contribution in [0.4, 0.5) is 0 Å². The van der Waals surface area contributed by atoms with Gasteiger partial charge in [0.1, 0.15) is 0 Å². The molecule has 0 saturated carbocycles. The quantitative estimate of drug-likeness (QED) is 0.651. The average molecular weight is 265 g/mol. The predicted octanol–water partition coefficient (Wildman–Crippen LogP) is 0.973. The van der Waals surface area contributed by atoms with Gasteiger partial charge < -0.3 is 14.0 Å². The van der Waals surface area contributed by atoms with Gasteiger partial charge in [-0.25, -0.2) is 0 Å². The molecular weight excluding hydrogens is 250 g/mol. The van der Waals surface area contributed by atoms with Crippen molar-refractivity contribution >= 4 is 21.0 Å². The van der Waals surface area contributed by atoms with Crippen molar-refractivity contribution in [2.45, 2.75) is 33.2 Å². The fourth-order valence-electron chi connectivity index (χ4n) is 1.53. The van der Waals surface area contributed by atoms with Gasteiger partial charge in [0.2, 0.25) is 0 Å². The first kappa shape index (κ1) is 14.5. The zero-order valence-electron chi connectivity index (χ0n) is 10.2. The number of aromatic nitrogens is 1. The lowest BCUT2D eigenvalue weighted by Crippen LogP contribution is -2.45. The third-order valence-corrected chi connectivity index (χ3v) is 3.19. The molecule has 0 aromatic carbocycles. The van der Waals surface area contributed by atoms with Crippen molar-refractivity contribution in [1.29, 1.82) is 0 Å². The van der Waals surface area contributed by atoms with Gasteiger partial charge in [-0.2, -0.15) is 0 Å². The van der Waals surface area contributed by atoms with E-state index in [4.69, 9.17) is 14.0 Å². The number of nitrogens with zero attached hydrogens (tertiary/aromatic N) is 1. The molecule has 0 amide bonds. The zero-order chi connectivity index (χ0) is 13.1. The van der Waals surface area contributed by atoms with E-state index < -0.39 is 5.79 Å². The Labute approximate surface area is 108 Å². The normalized spacial score (nSPS) is 12.8. The molecule has 90 valence electrons. The van der Waals surface area contributed by atoms with E-state index in [9.17, 15) is 0 Å². The summed E-state index contributed by atoms with van der Waals surface area (Å²) in [5, 5.41) is 8.98. The molecule has 0 saturated heterocycles. The smallest absolute Gasteiger partial charge is 0.250 e. The monoisotopic (exact) mass is 265 g/mol. The third-order valence-electron chi connectivity index (χ3n) is 2.62. The van der Waals surface area contributed by atoms with Crippen LogP contribution in [-0.4, -0.2) is 31.1 Å². The van der Waals surface area contributed by atoms with Gasteiger partial charge in [0, 0.05) is 11.6 Å². The molecule has 17 heavy (non-hydrogen) atoms. The topological polar surface area (TPSA) is 51.6 Å². The van der Waals surface area contributed by atoms with Crippen LogP contribution in [0.15, 0.2) is 18.3 Å². The van der Waals surface area contributed by atoms with Crippen LogP contribution < -0.4 is 0 Å². The highest BCUT2D eigenvalue weighted by Gasteiger charge is 2.45. The van der Waals surface area contributed by atoms with Crippen molar-refractivity contribution in [1.82, 2.24) is 4.98 Å². The Morgan fingerprint density at radius 2 is 1.82 bits per heavy atom. The third kappa shape index (κ3) is 2.66. The summed E-state index contributed by atoms with van der Waals surface area (Å²) in [6, 6.07) is 3.54. The number of hydrogen-bond acceptors (Lipinski definition) is 4. The number of aliphatic hydroxyl groups is 1. The van der Waals surface area contributed by atoms with Gasteiger partial charge in [0.15, 0.2) is 5.79 Å². The summed E-state index contributed by atoms with van der Waals surface area (Å²) in [4.78, 5) is 4.26. The molecule has 1 aromatic rings. The summed E-state index contributed by atoms with van der Waals surface area (Å²) in [5.41, 5.74) is 0.983. The Morgan fingerprint density at radius 3 is 2.12 bits per heavy atom. The minimum absolute atomic E-state index is 0.0424. The second-order valence-corrected chi connectivity index (χ2v) is 5.19. The van der Waals surface area contributed by atoms with Crippen molar-refractivity contribution in [3.05, 3.63) is 29.6 Å². The molecule has 0 spiro atoms. The number of rotatable bonds is 4. The van der Waals surface area contributed by atoms with Crippen LogP contribution in [0.2, 0.25) is 0 Å². The number of hydrogen-bond donors (Lipinski definition) is 1. The molecule has 0 aliphatic rings. The minimum atomic E-state index is -1.06. The number of aliphatic hydroxyl groups excluding tert-OH is 1. The summed E-state index contributed by atoms with van der Waals surface area (Å²) in [6.45, 7) is 5.86. The Balaban J connectivity index is 3.22. The van der Waals surface area contributed by atoms with Crippen LogP contribution in [0.25, 0.3) is 0 Å². The zero-order valence-corrected chi connectivity index (χ0v) is 12.2. The lowest BCUT2D eigenvalue weighted by Gasteiger charge is -2.42. The fraction of sp³-hybridized carbons (Fsp3) is 0.545. The Kier molecular flexibility index (Phi) is 4.62. The first-order valence-corrected chi connectivity index (χ1v) is 5.98. The molecule has 0 aliphatic carbocycles. The first-order chi connectivity index (χ1) is 7.91. The van der Waals surface area contributed by atoms with Crippen LogP contribution >= 0.6 is 0 Å². The molecule has 1 heterocycles. The average Bonchev–Trinajstić information content (AvgIpc) is 2.30. The van der Waals surface area contributed by atoms with Crippen LogP contribution in [0.3, 0.4) is 0 Å². The predicted molar refractivity (Wildman–Crippen MR) is 65.0 cm³/mol. The van der Waals surface area contributed by atoms with Crippen molar-refractivity contribution in [2.75, 3.05) is 0 Å². The summed E-state index contributed by atoms with van der Waals surface area (Å²) in [5.74, 6) is -1.06. The molecule has 1 aromatic heterocycles. The van der Waals surface area contributed by atoms with Crippen molar-refractivity contribution < 1.29 is 14.0 Å². The van der Waals surface area contributed by atoms with E-state index >= 15 is 0 Å². The van der Waals surface area contributed by atoms with Gasteiger partial charge in [0.25, 0.3) is 21.0 Å². The molecule has 0 atom stereocenters. The van der Waals surface area contributed by atoms with Crippen molar-refractivity contribution in [2.24, 2.45) is 5.41 Å². The van der Waals surface area contributed by atoms with Crippen molar-refractivity contribution in [3.63, 3.8) is 0 Å². The van der Waals surface area contributed by atoms with Crippen LogP contribution in [0, 0.1) is 5.41 Å². The largest absolute Gasteiger partial charge is 0.392 e. The molecule has 1 rings (SSSR count). The molecule has 0 unspecified atom stereocenters. The second kappa shape index (κ2) is 5.41. The molecule has 0 fully saturated rings. The van der Waals surface area contributed by atoms with E-state index in [2.05, 4.69) is 26.0 Å². The van der Waals surface area contributed by atoms with Crippen molar-refractivity contribution in [3.8, 4) is 0 Å². The van der Waals surface area contributed by atoms with E-state index in [1.807, 2.05) is 20.8 Å². The van der Waals surface area contributed by atoms with Gasteiger partial charge >= 0.3 is 0 Å². The van der Waals surface area contributed by atoms with Gasteiger partial charge in [-0.15, -0.1) is 0 Å². The second-order valence-electron chi connectivity index (χ2n) is 4.78. The van der Waals surface area contributed by atoms with E-state index in [0.29, 0.717) is 5.69 Å². The fourth-order valence-corrected chi connectivity index (χ4v) is 2.52. The van der Waals surface area contributed by atoms with Crippen LogP contribution in [0.1, 0.15) is 32.0 Å². The van der Waals surface area contributed by atoms with Crippen LogP contribution in [-0.2, 0) is 21.2 Å². The molecule has 1 N–H and O–H groups in total. The van der Waals surface area contributed by atoms with E-state index in [1.165, 1.54) is 0 Å². The Bertz CT molecular complexity index is 358. The highest BCUT2D eigenvalue weighted by atomic mass is 28.2. The molecule has 6 heteroatoms.